The molecule has 52 heavy (non-hydrogen) atoms. The Bertz CT molecular complexity index is 1190. The van der Waals surface area contributed by atoms with Crippen molar-refractivity contribution in [3.05, 3.63) is 0 Å². The molecule has 3 saturated heterocycles. The molecule has 0 bridgehead atoms. The van der Waals surface area contributed by atoms with Crippen LogP contribution in [0.4, 0.5) is 0 Å². The Hall–Kier alpha value is -1.30. The SMILES string of the molecule is CC[C@H]1OC(=O)[C@H](C)[C@@H](OC2C[C@](C)(OC)[C@@H](O)[C@H](C)O2)[C@H](C)[C@@H](O[C@@H]2O[C@H](C)C[C@H](N(C)C)[C@H]2O)[C@](C)(OC)C[C@@H](C)C(=O)[C@H](C)[C@@H](O)[C@]1(C)O. The maximum atomic E-state index is 14.2. The number of likely N-dealkylation sites (N-methyl/N-ethyl adjacent to an activating group) is 1. The van der Waals surface area contributed by atoms with Crippen LogP contribution in [0.25, 0.3) is 0 Å². The summed E-state index contributed by atoms with van der Waals surface area (Å²) in [4.78, 5) is 30.1. The molecule has 0 saturated carbocycles. The van der Waals surface area contributed by atoms with Crippen molar-refractivity contribution in [2.75, 3.05) is 28.3 Å². The lowest BCUT2D eigenvalue weighted by Crippen LogP contribution is -2.61. The average Bonchev–Trinajstić information content (AvgIpc) is 3.09. The van der Waals surface area contributed by atoms with Crippen molar-refractivity contribution in [1.29, 1.82) is 0 Å². The fraction of sp³-hybridized carbons (Fsp3) is 0.947. The van der Waals surface area contributed by atoms with Gasteiger partial charge < -0.3 is 58.5 Å². The molecule has 0 spiro atoms. The number of ketones is 1. The van der Waals surface area contributed by atoms with Crippen molar-refractivity contribution < 1.29 is 63.2 Å². The lowest BCUT2D eigenvalue weighted by molar-refractivity contribution is -0.319. The first kappa shape index (κ1) is 45.1. The number of hydrogen-bond donors (Lipinski definition) is 4. The predicted octanol–water partition coefficient (Wildman–Crippen LogP) is 2.44. The van der Waals surface area contributed by atoms with Crippen LogP contribution in [0.15, 0.2) is 0 Å². The van der Waals surface area contributed by atoms with Crippen LogP contribution in [0.1, 0.15) is 94.9 Å². The van der Waals surface area contributed by atoms with Gasteiger partial charge >= 0.3 is 5.97 Å². The van der Waals surface area contributed by atoms with E-state index >= 15 is 0 Å². The minimum Gasteiger partial charge on any atom is -0.459 e. The Morgan fingerprint density at radius 3 is 1.98 bits per heavy atom. The molecule has 14 heteroatoms. The van der Waals surface area contributed by atoms with E-state index in [4.69, 9.17) is 33.2 Å². The molecule has 18 atom stereocenters. The van der Waals surface area contributed by atoms with Gasteiger partial charge in [0.25, 0.3) is 0 Å². The third kappa shape index (κ3) is 9.38. The summed E-state index contributed by atoms with van der Waals surface area (Å²) in [5.41, 5.74) is -4.24. The fourth-order valence-electron chi connectivity index (χ4n) is 8.58. The van der Waals surface area contributed by atoms with Crippen LogP contribution in [-0.2, 0) is 42.7 Å². The molecular weight excluding hydrogens is 678 g/mol. The van der Waals surface area contributed by atoms with E-state index in [-0.39, 0.29) is 37.2 Å². The standard InChI is InChI=1S/C38H69NO13/c1-15-26-38(10,45)31(42)21(4)28(40)19(2)17-37(9,47-14)33(52-35-29(41)25(39(11)12)16-20(3)48-35)22(5)30(23(6)34(44)50-26)51-27-18-36(8,46-13)32(43)24(7)49-27/h19-27,29-33,35,41-43,45H,15-18H2,1-14H3/t19-,20-,21+,22+,23-,24+,25+,26-,27?,29-,30+,31-,32+,33-,35+,36+,37-,38-/m1/s1. The fourth-order valence-corrected chi connectivity index (χ4v) is 8.58. The quantitative estimate of drug-likeness (QED) is 0.266. The van der Waals surface area contributed by atoms with Crippen LogP contribution >= 0.6 is 0 Å². The van der Waals surface area contributed by atoms with E-state index in [1.54, 1.807) is 48.5 Å². The zero-order valence-electron chi connectivity index (χ0n) is 33.9. The minimum atomic E-state index is -1.96. The number of aliphatic hydroxyl groups is 4. The summed E-state index contributed by atoms with van der Waals surface area (Å²) in [6.07, 6.45) is -8.73. The third-order valence-electron chi connectivity index (χ3n) is 12.3. The molecule has 1 unspecified atom stereocenters. The molecule has 0 aromatic carbocycles. The summed E-state index contributed by atoms with van der Waals surface area (Å²) in [5, 5.41) is 45.6. The van der Waals surface area contributed by atoms with E-state index in [2.05, 4.69) is 0 Å². The van der Waals surface area contributed by atoms with Gasteiger partial charge in [-0.25, -0.2) is 0 Å². The first-order valence-corrected chi connectivity index (χ1v) is 18.9. The molecule has 3 aliphatic heterocycles. The molecule has 0 amide bonds. The lowest BCUT2D eigenvalue weighted by Gasteiger charge is -2.50. The highest BCUT2D eigenvalue weighted by atomic mass is 16.7. The van der Waals surface area contributed by atoms with Gasteiger partial charge in [0.15, 0.2) is 12.6 Å². The molecule has 0 aliphatic carbocycles. The van der Waals surface area contributed by atoms with Crippen molar-refractivity contribution in [2.45, 2.75) is 179 Å². The van der Waals surface area contributed by atoms with Gasteiger partial charge in [-0.05, 0) is 74.9 Å². The summed E-state index contributed by atoms with van der Waals surface area (Å²) in [6, 6.07) is -0.283. The molecule has 0 radical (unpaired) electrons. The van der Waals surface area contributed by atoms with Gasteiger partial charge in [0.1, 0.15) is 29.7 Å². The summed E-state index contributed by atoms with van der Waals surface area (Å²) >= 11 is 0. The number of carbonyl (C=O) groups is 2. The average molecular weight is 748 g/mol. The molecule has 14 nitrogen and oxygen atoms in total. The second-order valence-electron chi connectivity index (χ2n) is 16.6. The third-order valence-corrected chi connectivity index (χ3v) is 12.3. The van der Waals surface area contributed by atoms with E-state index in [1.165, 1.54) is 21.1 Å². The minimum absolute atomic E-state index is 0.111. The summed E-state index contributed by atoms with van der Waals surface area (Å²) < 4.78 is 43.9. The highest BCUT2D eigenvalue weighted by Gasteiger charge is 2.54. The number of esters is 1. The predicted molar refractivity (Wildman–Crippen MR) is 191 cm³/mol. The lowest BCUT2D eigenvalue weighted by atomic mass is 9.74. The molecule has 3 rings (SSSR count). The van der Waals surface area contributed by atoms with Gasteiger partial charge in [-0.1, -0.05) is 27.7 Å². The van der Waals surface area contributed by atoms with E-state index < -0.39 is 102 Å². The Morgan fingerprint density at radius 1 is 0.846 bits per heavy atom. The van der Waals surface area contributed by atoms with E-state index in [0.29, 0.717) is 6.42 Å². The highest BCUT2D eigenvalue weighted by Crippen LogP contribution is 2.41. The van der Waals surface area contributed by atoms with Crippen LogP contribution in [0.5, 0.6) is 0 Å². The van der Waals surface area contributed by atoms with Crippen molar-refractivity contribution in [1.82, 2.24) is 4.90 Å². The number of Topliss-reactive ketones (excluding diaryl/α,β-unsaturated/α-hetero) is 1. The second kappa shape index (κ2) is 17.7. The van der Waals surface area contributed by atoms with Crippen LogP contribution in [0, 0.1) is 23.7 Å². The summed E-state index contributed by atoms with van der Waals surface area (Å²) in [5.74, 6) is -4.47. The van der Waals surface area contributed by atoms with Crippen molar-refractivity contribution in [3.8, 4) is 0 Å². The Balaban J connectivity index is 2.22. The zero-order chi connectivity index (χ0) is 39.7. The molecule has 304 valence electrons. The van der Waals surface area contributed by atoms with Gasteiger partial charge in [-0.2, -0.15) is 0 Å². The second-order valence-corrected chi connectivity index (χ2v) is 16.6. The van der Waals surface area contributed by atoms with Crippen molar-refractivity contribution in [3.63, 3.8) is 0 Å². The normalized spacial score (nSPS) is 49.0. The van der Waals surface area contributed by atoms with Crippen LogP contribution < -0.4 is 0 Å². The van der Waals surface area contributed by atoms with Crippen molar-refractivity contribution >= 4 is 11.8 Å². The van der Waals surface area contributed by atoms with Crippen LogP contribution in [0.3, 0.4) is 0 Å². The summed E-state index contributed by atoms with van der Waals surface area (Å²) in [7, 11) is 6.77. The molecule has 3 fully saturated rings. The first-order valence-electron chi connectivity index (χ1n) is 18.9. The number of hydrogen-bond acceptors (Lipinski definition) is 14. The topological polar surface area (TPSA) is 183 Å². The molecule has 3 heterocycles. The van der Waals surface area contributed by atoms with Crippen molar-refractivity contribution in [2.24, 2.45) is 23.7 Å². The Morgan fingerprint density at radius 2 is 1.44 bits per heavy atom. The first-order chi connectivity index (χ1) is 24.0. The van der Waals surface area contributed by atoms with E-state index in [0.717, 1.165) is 0 Å². The Kier molecular flexibility index (Phi) is 15.3. The zero-order valence-corrected chi connectivity index (χ0v) is 33.9. The maximum Gasteiger partial charge on any atom is 0.311 e. The number of ether oxygens (including phenoxy) is 7. The van der Waals surface area contributed by atoms with E-state index in [1.807, 2.05) is 32.8 Å². The summed E-state index contributed by atoms with van der Waals surface area (Å²) in [6.45, 7) is 17.1. The maximum absolute atomic E-state index is 14.2. The largest absolute Gasteiger partial charge is 0.459 e. The Labute approximate surface area is 310 Å². The molecule has 0 aromatic heterocycles. The van der Waals surface area contributed by atoms with Gasteiger partial charge in [-0.15, -0.1) is 0 Å². The number of rotatable bonds is 8. The molecular formula is C38H69NO13. The van der Waals surface area contributed by atoms with Gasteiger partial charge in [0, 0.05) is 44.4 Å². The molecule has 4 N–H and O–H groups in total. The number of methoxy groups -OCH3 is 2. The number of aliphatic hydroxyl groups excluding tert-OH is 3. The van der Waals surface area contributed by atoms with Gasteiger partial charge in [0.2, 0.25) is 0 Å². The molecule has 0 aromatic rings. The van der Waals surface area contributed by atoms with E-state index in [9.17, 15) is 30.0 Å². The smallest absolute Gasteiger partial charge is 0.311 e. The molecule has 3 aliphatic rings. The monoisotopic (exact) mass is 747 g/mol. The van der Waals surface area contributed by atoms with Crippen LogP contribution in [0.2, 0.25) is 0 Å². The highest BCUT2D eigenvalue weighted by molar-refractivity contribution is 5.83. The number of nitrogens with zero attached hydrogens (tertiary/aromatic N) is 1. The number of cyclic esters (lactones) is 1. The van der Waals surface area contributed by atoms with Gasteiger partial charge in [-0.3, -0.25) is 9.59 Å². The number of carbonyl (C=O) groups excluding carboxylic acids is 2. The van der Waals surface area contributed by atoms with Gasteiger partial charge in [0.05, 0.1) is 47.6 Å². The van der Waals surface area contributed by atoms with Crippen LogP contribution in [-0.4, -0.2) is 150 Å².